The SMILES string of the molecule is CC(C)(C)OC(=O)CC[C@@]1(C(=O)NCc2cc(C(F)(F)F)cc(C(F)(F)F)c2)N=C(c2ccc(OCCCO)cc2)O[C@@H]1c1ccccc1Br. The number of aliphatic imine (C=N–C) groups is 1. The first-order valence-corrected chi connectivity index (χ1v) is 16.3. The maximum absolute atomic E-state index is 14.3. The van der Waals surface area contributed by atoms with Crippen molar-refractivity contribution < 1.29 is 55.2 Å². The molecule has 270 valence electrons. The normalized spacial score (nSPS) is 17.9. The van der Waals surface area contributed by atoms with Gasteiger partial charge in [0.15, 0.2) is 11.6 Å². The van der Waals surface area contributed by atoms with Crippen molar-refractivity contribution >= 4 is 33.7 Å². The summed E-state index contributed by atoms with van der Waals surface area (Å²) in [5.74, 6) is -1.11. The van der Waals surface area contributed by atoms with Crippen molar-refractivity contribution in [2.24, 2.45) is 4.99 Å². The number of esters is 1. The number of ether oxygens (including phenoxy) is 3. The third-order valence-corrected chi connectivity index (χ3v) is 8.17. The summed E-state index contributed by atoms with van der Waals surface area (Å²) in [6, 6.07) is 14.3. The minimum Gasteiger partial charge on any atom is -0.494 e. The fourth-order valence-corrected chi connectivity index (χ4v) is 5.67. The molecule has 4 rings (SSSR count). The van der Waals surface area contributed by atoms with Gasteiger partial charge in [-0.25, -0.2) is 4.99 Å². The zero-order chi connectivity index (χ0) is 36.9. The van der Waals surface area contributed by atoms with E-state index in [1.807, 2.05) is 0 Å². The lowest BCUT2D eigenvalue weighted by Gasteiger charge is -2.31. The van der Waals surface area contributed by atoms with Gasteiger partial charge in [-0.15, -0.1) is 0 Å². The third-order valence-electron chi connectivity index (χ3n) is 7.45. The van der Waals surface area contributed by atoms with E-state index in [1.165, 1.54) is 0 Å². The molecule has 2 N–H and O–H groups in total. The first-order valence-electron chi connectivity index (χ1n) is 15.5. The summed E-state index contributed by atoms with van der Waals surface area (Å²) in [6.45, 7) is 4.47. The topological polar surface area (TPSA) is 106 Å². The second kappa shape index (κ2) is 15.4. The Bertz CT molecular complexity index is 1670. The van der Waals surface area contributed by atoms with Crippen LogP contribution in [0.2, 0.25) is 0 Å². The standard InChI is InChI=1S/C35H35BrF6N2O6/c1-32(2,3)50-28(46)13-14-33(31(47)43-20-21-17-23(34(37,38)39)19-24(18-21)35(40,41)42)29(26-7-4-5-8-27(26)36)49-30(44-33)22-9-11-25(12-10-22)48-16-6-15-45/h4-5,7-12,17-19,29,45H,6,13-16,20H2,1-3H3,(H,43,47)/t29-,33-/m1/s1. The van der Waals surface area contributed by atoms with Crippen LogP contribution in [0.15, 0.2) is 76.2 Å². The van der Waals surface area contributed by atoms with E-state index in [0.29, 0.717) is 39.9 Å². The second-order valence-corrected chi connectivity index (χ2v) is 13.3. The predicted octanol–water partition coefficient (Wildman–Crippen LogP) is 7.94. The number of aliphatic hydroxyl groups excluding tert-OH is 1. The number of nitrogens with one attached hydrogen (secondary N) is 1. The molecule has 1 amide bonds. The van der Waals surface area contributed by atoms with Gasteiger partial charge in [0.25, 0.3) is 5.91 Å². The number of rotatable bonds is 12. The molecular weight excluding hydrogens is 738 g/mol. The lowest BCUT2D eigenvalue weighted by Crippen LogP contribution is -2.48. The lowest BCUT2D eigenvalue weighted by atomic mass is 9.83. The van der Waals surface area contributed by atoms with Crippen LogP contribution in [0.5, 0.6) is 5.75 Å². The quantitative estimate of drug-likeness (QED) is 0.110. The Hall–Kier alpha value is -4.11. The lowest BCUT2D eigenvalue weighted by molar-refractivity contribution is -0.155. The van der Waals surface area contributed by atoms with E-state index in [9.17, 15) is 35.9 Å². The Morgan fingerprint density at radius 1 is 0.960 bits per heavy atom. The summed E-state index contributed by atoms with van der Waals surface area (Å²) in [7, 11) is 0. The number of carbonyl (C=O) groups is 2. The van der Waals surface area contributed by atoms with Crippen LogP contribution in [-0.4, -0.2) is 47.2 Å². The Morgan fingerprint density at radius 2 is 1.58 bits per heavy atom. The van der Waals surface area contributed by atoms with Crippen molar-refractivity contribution in [3.05, 3.63) is 99.0 Å². The fraction of sp³-hybridized carbons (Fsp3) is 0.400. The molecular formula is C35H35BrF6N2O6. The van der Waals surface area contributed by atoms with E-state index >= 15 is 0 Å². The molecule has 50 heavy (non-hydrogen) atoms. The number of hydrogen-bond acceptors (Lipinski definition) is 7. The number of hydrogen-bond donors (Lipinski definition) is 2. The van der Waals surface area contributed by atoms with Gasteiger partial charge in [0.1, 0.15) is 11.4 Å². The monoisotopic (exact) mass is 772 g/mol. The zero-order valence-corrected chi connectivity index (χ0v) is 28.8. The maximum atomic E-state index is 14.3. The van der Waals surface area contributed by atoms with Crippen LogP contribution >= 0.6 is 15.9 Å². The summed E-state index contributed by atoms with van der Waals surface area (Å²) < 4.78 is 99.3. The van der Waals surface area contributed by atoms with Crippen LogP contribution in [0, 0.1) is 0 Å². The molecule has 0 aromatic heterocycles. The number of benzene rings is 3. The highest BCUT2D eigenvalue weighted by Crippen LogP contribution is 2.45. The van der Waals surface area contributed by atoms with Gasteiger partial charge < -0.3 is 24.6 Å². The van der Waals surface area contributed by atoms with E-state index in [1.54, 1.807) is 69.3 Å². The minimum absolute atomic E-state index is 0.000934. The summed E-state index contributed by atoms with van der Waals surface area (Å²) in [4.78, 5) is 32.0. The molecule has 2 atom stereocenters. The molecule has 1 aliphatic rings. The highest BCUT2D eigenvalue weighted by Gasteiger charge is 2.54. The highest BCUT2D eigenvalue weighted by atomic mass is 79.9. The number of carbonyl (C=O) groups excluding carboxylic acids is 2. The van der Waals surface area contributed by atoms with Crippen molar-refractivity contribution in [3.8, 4) is 5.75 Å². The summed E-state index contributed by atoms with van der Waals surface area (Å²) in [6.07, 6.45) is -11.6. The summed E-state index contributed by atoms with van der Waals surface area (Å²) >= 11 is 3.47. The van der Waals surface area contributed by atoms with Crippen LogP contribution in [0.25, 0.3) is 0 Å². The van der Waals surface area contributed by atoms with Crippen molar-refractivity contribution in [1.82, 2.24) is 5.32 Å². The van der Waals surface area contributed by atoms with E-state index in [-0.39, 0.29) is 38.0 Å². The number of nitrogens with zero attached hydrogens (tertiary/aromatic N) is 1. The molecule has 0 aliphatic carbocycles. The molecule has 8 nitrogen and oxygen atoms in total. The Labute approximate surface area is 293 Å². The van der Waals surface area contributed by atoms with Crippen LogP contribution in [0.3, 0.4) is 0 Å². The maximum Gasteiger partial charge on any atom is 0.416 e. The Kier molecular flexibility index (Phi) is 11.9. The largest absolute Gasteiger partial charge is 0.494 e. The van der Waals surface area contributed by atoms with E-state index in [2.05, 4.69) is 21.2 Å². The molecule has 0 bridgehead atoms. The van der Waals surface area contributed by atoms with Gasteiger partial charge in [-0.3, -0.25) is 9.59 Å². The molecule has 0 saturated heterocycles. The van der Waals surface area contributed by atoms with E-state index in [0.717, 1.165) is 0 Å². The van der Waals surface area contributed by atoms with Gasteiger partial charge in [0.2, 0.25) is 5.90 Å². The summed E-state index contributed by atoms with van der Waals surface area (Å²) in [5.41, 5.74) is -5.48. The van der Waals surface area contributed by atoms with Crippen molar-refractivity contribution in [2.45, 2.75) is 76.2 Å². The van der Waals surface area contributed by atoms with Crippen LogP contribution in [0.1, 0.15) is 74.0 Å². The average Bonchev–Trinajstić information content (AvgIpc) is 3.42. The van der Waals surface area contributed by atoms with Crippen molar-refractivity contribution in [2.75, 3.05) is 13.2 Å². The molecule has 3 aromatic rings. The van der Waals surface area contributed by atoms with Gasteiger partial charge in [-0.05, 0) is 81.3 Å². The highest BCUT2D eigenvalue weighted by molar-refractivity contribution is 9.10. The molecule has 1 aliphatic heterocycles. The smallest absolute Gasteiger partial charge is 0.416 e. The predicted molar refractivity (Wildman–Crippen MR) is 174 cm³/mol. The summed E-state index contributed by atoms with van der Waals surface area (Å²) in [5, 5.41) is 11.5. The minimum atomic E-state index is -5.09. The van der Waals surface area contributed by atoms with Gasteiger partial charge in [0.05, 0.1) is 17.7 Å². The molecule has 0 radical (unpaired) electrons. The first kappa shape index (κ1) is 38.7. The number of alkyl halides is 6. The van der Waals surface area contributed by atoms with Crippen LogP contribution in [0.4, 0.5) is 26.3 Å². The van der Waals surface area contributed by atoms with Gasteiger partial charge in [-0.2, -0.15) is 26.3 Å². The zero-order valence-electron chi connectivity index (χ0n) is 27.3. The molecule has 15 heteroatoms. The van der Waals surface area contributed by atoms with Gasteiger partial charge in [0, 0.05) is 41.6 Å². The van der Waals surface area contributed by atoms with Crippen LogP contribution < -0.4 is 10.1 Å². The fourth-order valence-electron chi connectivity index (χ4n) is 5.18. The molecule has 0 spiro atoms. The number of amides is 1. The van der Waals surface area contributed by atoms with Crippen LogP contribution in [-0.2, 0) is 38.0 Å². The molecule has 0 unspecified atom stereocenters. The average molecular weight is 774 g/mol. The van der Waals surface area contributed by atoms with Crippen molar-refractivity contribution in [1.29, 1.82) is 0 Å². The van der Waals surface area contributed by atoms with E-state index in [4.69, 9.17) is 24.3 Å². The Balaban J connectivity index is 1.78. The molecule has 1 heterocycles. The molecule has 0 saturated carbocycles. The molecule has 3 aromatic carbocycles. The second-order valence-electron chi connectivity index (χ2n) is 12.5. The Morgan fingerprint density at radius 3 is 2.14 bits per heavy atom. The third kappa shape index (κ3) is 9.77. The van der Waals surface area contributed by atoms with Gasteiger partial charge in [-0.1, -0.05) is 34.1 Å². The van der Waals surface area contributed by atoms with E-state index < -0.39 is 64.7 Å². The molecule has 0 fully saturated rings. The number of halogens is 7. The van der Waals surface area contributed by atoms with Gasteiger partial charge >= 0.3 is 18.3 Å². The first-order chi connectivity index (χ1) is 23.3. The number of aliphatic hydroxyl groups is 1. The van der Waals surface area contributed by atoms with Crippen molar-refractivity contribution in [3.63, 3.8) is 0 Å².